The van der Waals surface area contributed by atoms with Crippen molar-refractivity contribution in [1.82, 2.24) is 10.3 Å². The molecule has 1 aromatic carbocycles. The highest BCUT2D eigenvalue weighted by Gasteiger charge is 2.13. The molecule has 0 amide bonds. The van der Waals surface area contributed by atoms with Gasteiger partial charge in [-0.25, -0.2) is 4.39 Å². The molecule has 2 nitrogen and oxygen atoms in total. The average molecular weight is 258 g/mol. The van der Waals surface area contributed by atoms with Crippen molar-refractivity contribution in [2.75, 3.05) is 0 Å². The molecule has 1 aromatic heterocycles. The van der Waals surface area contributed by atoms with Crippen LogP contribution >= 0.6 is 0 Å². The van der Waals surface area contributed by atoms with Gasteiger partial charge in [-0.15, -0.1) is 0 Å². The number of hydrogen-bond acceptors (Lipinski definition) is 2. The predicted molar refractivity (Wildman–Crippen MR) is 75.3 cm³/mol. The second-order valence-corrected chi connectivity index (χ2v) is 4.90. The summed E-state index contributed by atoms with van der Waals surface area (Å²) in [5, 5.41) is 3.47. The molecule has 0 bridgehead atoms. The minimum Gasteiger partial charge on any atom is -0.304 e. The quantitative estimate of drug-likeness (QED) is 0.898. The number of aryl methyl sites for hydroxylation is 1. The summed E-state index contributed by atoms with van der Waals surface area (Å²) in [7, 11) is 0. The van der Waals surface area contributed by atoms with E-state index in [1.54, 1.807) is 6.20 Å². The Morgan fingerprint density at radius 1 is 1.11 bits per heavy atom. The molecule has 1 N–H and O–H groups in total. The lowest BCUT2D eigenvalue weighted by Crippen LogP contribution is -2.23. The zero-order valence-corrected chi connectivity index (χ0v) is 11.5. The zero-order chi connectivity index (χ0) is 13.8. The molecule has 2 aromatic rings. The van der Waals surface area contributed by atoms with Crippen molar-refractivity contribution in [3.63, 3.8) is 0 Å². The van der Waals surface area contributed by atoms with Crippen LogP contribution in [0.25, 0.3) is 0 Å². The number of rotatable bonds is 4. The predicted octanol–water partition coefficient (Wildman–Crippen LogP) is 3.94. The van der Waals surface area contributed by atoms with Gasteiger partial charge in [0, 0.05) is 18.3 Å². The van der Waals surface area contributed by atoms with Gasteiger partial charge in [0.1, 0.15) is 5.82 Å². The molecule has 2 rings (SSSR count). The molecule has 0 fully saturated rings. The van der Waals surface area contributed by atoms with Crippen LogP contribution in [0.3, 0.4) is 0 Å². The molecule has 1 unspecified atom stereocenters. The van der Waals surface area contributed by atoms with Crippen molar-refractivity contribution in [3.05, 3.63) is 65.2 Å². The minimum atomic E-state index is -0.297. The molecule has 0 spiro atoms. The lowest BCUT2D eigenvalue weighted by atomic mass is 10.0. The Balaban J connectivity index is 2.11. The first-order valence-electron chi connectivity index (χ1n) is 6.50. The first-order chi connectivity index (χ1) is 9.08. The van der Waals surface area contributed by atoms with E-state index in [0.29, 0.717) is 0 Å². The number of nitrogens with zero attached hydrogens (tertiary/aromatic N) is 1. The second-order valence-electron chi connectivity index (χ2n) is 4.90. The van der Waals surface area contributed by atoms with Gasteiger partial charge >= 0.3 is 0 Å². The van der Waals surface area contributed by atoms with E-state index in [1.165, 1.54) is 23.4 Å². The van der Waals surface area contributed by atoms with E-state index in [2.05, 4.69) is 36.3 Å². The van der Waals surface area contributed by atoms with Gasteiger partial charge in [-0.05, 0) is 43.5 Å². The van der Waals surface area contributed by atoms with Gasteiger partial charge in [-0.2, -0.15) is 0 Å². The Morgan fingerprint density at radius 2 is 1.84 bits per heavy atom. The number of aromatic nitrogens is 1. The number of benzene rings is 1. The van der Waals surface area contributed by atoms with Crippen molar-refractivity contribution in [2.24, 2.45) is 0 Å². The molecule has 19 heavy (non-hydrogen) atoms. The van der Waals surface area contributed by atoms with Crippen LogP contribution in [0.4, 0.5) is 4.39 Å². The Bertz CT molecular complexity index is 554. The van der Waals surface area contributed by atoms with E-state index >= 15 is 0 Å². The third-order valence-electron chi connectivity index (χ3n) is 3.38. The fourth-order valence-electron chi connectivity index (χ4n) is 2.30. The zero-order valence-electron chi connectivity index (χ0n) is 11.5. The summed E-state index contributed by atoms with van der Waals surface area (Å²) in [6.45, 7) is 6.23. The first-order valence-corrected chi connectivity index (χ1v) is 6.50. The normalized spacial score (nSPS) is 14.1. The van der Waals surface area contributed by atoms with Gasteiger partial charge in [-0.3, -0.25) is 4.98 Å². The van der Waals surface area contributed by atoms with Crippen molar-refractivity contribution < 1.29 is 4.39 Å². The third kappa shape index (κ3) is 3.38. The van der Waals surface area contributed by atoms with Crippen LogP contribution < -0.4 is 5.32 Å². The molecule has 100 valence electrons. The number of pyridine rings is 1. The van der Waals surface area contributed by atoms with Crippen LogP contribution in [0, 0.1) is 12.7 Å². The van der Waals surface area contributed by atoms with Gasteiger partial charge in [0.05, 0.1) is 6.20 Å². The van der Waals surface area contributed by atoms with E-state index in [-0.39, 0.29) is 17.9 Å². The molecule has 0 aliphatic rings. The molecular formula is C16H19FN2. The maximum absolute atomic E-state index is 13.2. The Kier molecular flexibility index (Phi) is 4.27. The van der Waals surface area contributed by atoms with Crippen LogP contribution in [0.2, 0.25) is 0 Å². The Hall–Kier alpha value is -1.74. The highest BCUT2D eigenvalue weighted by molar-refractivity contribution is 5.28. The Labute approximate surface area is 113 Å². The van der Waals surface area contributed by atoms with Gasteiger partial charge in [-0.1, -0.05) is 24.3 Å². The molecule has 0 saturated carbocycles. The van der Waals surface area contributed by atoms with Crippen LogP contribution in [0.15, 0.2) is 42.7 Å². The number of halogens is 1. The topological polar surface area (TPSA) is 24.9 Å². The number of hydrogen-bond donors (Lipinski definition) is 1. The van der Waals surface area contributed by atoms with Gasteiger partial charge in [0.25, 0.3) is 0 Å². The molecule has 1 heterocycles. The minimum absolute atomic E-state index is 0.0535. The first kappa shape index (κ1) is 13.7. The lowest BCUT2D eigenvalue weighted by Gasteiger charge is -2.22. The molecule has 3 heteroatoms. The van der Waals surface area contributed by atoms with Crippen LogP contribution in [0.1, 0.15) is 42.6 Å². The summed E-state index contributed by atoms with van der Waals surface area (Å²) < 4.78 is 13.2. The maximum Gasteiger partial charge on any atom is 0.141 e. The van der Waals surface area contributed by atoms with Gasteiger partial charge in [0.15, 0.2) is 0 Å². The molecule has 0 radical (unpaired) electrons. The van der Waals surface area contributed by atoms with Crippen LogP contribution in [-0.2, 0) is 0 Å². The molecule has 0 saturated heterocycles. The molecule has 2 atom stereocenters. The summed E-state index contributed by atoms with van der Waals surface area (Å²) in [5.74, 6) is -0.297. The van der Waals surface area contributed by atoms with Crippen LogP contribution in [0.5, 0.6) is 0 Å². The lowest BCUT2D eigenvalue weighted by molar-refractivity contribution is 0.489. The van der Waals surface area contributed by atoms with Crippen molar-refractivity contribution in [3.8, 4) is 0 Å². The third-order valence-corrected chi connectivity index (χ3v) is 3.38. The summed E-state index contributed by atoms with van der Waals surface area (Å²) in [4.78, 5) is 3.89. The monoisotopic (exact) mass is 258 g/mol. The summed E-state index contributed by atoms with van der Waals surface area (Å²) >= 11 is 0. The Morgan fingerprint density at radius 3 is 2.53 bits per heavy atom. The average Bonchev–Trinajstić information content (AvgIpc) is 2.39. The largest absolute Gasteiger partial charge is 0.304 e. The molecular weight excluding hydrogens is 239 g/mol. The highest BCUT2D eigenvalue weighted by Crippen LogP contribution is 2.21. The molecule has 0 aliphatic heterocycles. The van der Waals surface area contributed by atoms with E-state index in [4.69, 9.17) is 0 Å². The van der Waals surface area contributed by atoms with E-state index in [9.17, 15) is 4.39 Å². The van der Waals surface area contributed by atoms with Crippen molar-refractivity contribution >= 4 is 0 Å². The van der Waals surface area contributed by atoms with Crippen molar-refractivity contribution in [2.45, 2.75) is 32.9 Å². The van der Waals surface area contributed by atoms with E-state index in [1.807, 2.05) is 19.1 Å². The van der Waals surface area contributed by atoms with Gasteiger partial charge < -0.3 is 5.32 Å². The molecule has 0 aliphatic carbocycles. The van der Waals surface area contributed by atoms with Crippen molar-refractivity contribution in [1.29, 1.82) is 0 Å². The maximum atomic E-state index is 13.2. The summed E-state index contributed by atoms with van der Waals surface area (Å²) in [6.07, 6.45) is 2.92. The smallest absolute Gasteiger partial charge is 0.141 e. The van der Waals surface area contributed by atoms with Crippen LogP contribution in [-0.4, -0.2) is 4.98 Å². The second kappa shape index (κ2) is 5.93. The SMILES string of the molecule is Cc1ccccc1[C@H](C)NC(C)c1cncc(F)c1. The standard InChI is InChI=1S/C16H19FN2/c1-11-6-4-5-7-16(11)13(3)19-12(2)14-8-15(17)10-18-9-14/h4-10,12-13,19H,1-3H3/t12?,13-/m0/s1. The van der Waals surface area contributed by atoms with E-state index < -0.39 is 0 Å². The summed E-state index contributed by atoms with van der Waals surface area (Å²) in [5.41, 5.74) is 3.38. The number of nitrogens with one attached hydrogen (secondary N) is 1. The van der Waals surface area contributed by atoms with E-state index in [0.717, 1.165) is 5.56 Å². The highest BCUT2D eigenvalue weighted by atomic mass is 19.1. The summed E-state index contributed by atoms with van der Waals surface area (Å²) in [6, 6.07) is 10.1. The fourth-order valence-corrected chi connectivity index (χ4v) is 2.30. The fraction of sp³-hybridized carbons (Fsp3) is 0.312. The van der Waals surface area contributed by atoms with Gasteiger partial charge in [0.2, 0.25) is 0 Å².